The third kappa shape index (κ3) is 2.23. The fourth-order valence-corrected chi connectivity index (χ4v) is 2.36. The molecule has 1 aromatic carbocycles. The zero-order chi connectivity index (χ0) is 10.7. The van der Waals surface area contributed by atoms with Crippen LogP contribution in [0.5, 0.6) is 0 Å². The van der Waals surface area contributed by atoms with E-state index in [1.807, 2.05) is 42.7 Å². The third-order valence-corrected chi connectivity index (χ3v) is 3.60. The Bertz CT molecular complexity index is 386. The van der Waals surface area contributed by atoms with Gasteiger partial charge in [-0.1, -0.05) is 37.3 Å². The summed E-state index contributed by atoms with van der Waals surface area (Å²) in [4.78, 5) is 11.6. The van der Waals surface area contributed by atoms with Gasteiger partial charge in [-0.3, -0.25) is 4.79 Å². The van der Waals surface area contributed by atoms with Gasteiger partial charge in [0.2, 0.25) is 5.91 Å². The third-order valence-electron chi connectivity index (χ3n) is 2.36. The molecule has 1 amide bonds. The van der Waals surface area contributed by atoms with Gasteiger partial charge in [-0.2, -0.15) is 0 Å². The van der Waals surface area contributed by atoms with Crippen LogP contribution in [0.2, 0.25) is 0 Å². The lowest BCUT2D eigenvalue weighted by Gasteiger charge is -2.20. The van der Waals surface area contributed by atoms with Crippen LogP contribution in [0.15, 0.2) is 35.7 Å². The molecule has 1 aliphatic heterocycles. The van der Waals surface area contributed by atoms with Crippen LogP contribution >= 0.6 is 11.8 Å². The Morgan fingerprint density at radius 3 is 2.67 bits per heavy atom. The monoisotopic (exact) mass is 219 g/mol. The van der Waals surface area contributed by atoms with Gasteiger partial charge >= 0.3 is 0 Å². The summed E-state index contributed by atoms with van der Waals surface area (Å²) in [6.45, 7) is 2.03. The van der Waals surface area contributed by atoms with E-state index in [-0.39, 0.29) is 11.2 Å². The smallest absolute Gasteiger partial charge is 0.237 e. The van der Waals surface area contributed by atoms with Crippen molar-refractivity contribution in [1.82, 2.24) is 5.32 Å². The molecule has 1 atom stereocenters. The van der Waals surface area contributed by atoms with E-state index in [0.29, 0.717) is 0 Å². The molecule has 0 saturated carbocycles. The molecule has 3 heteroatoms. The van der Waals surface area contributed by atoms with Gasteiger partial charge in [0.1, 0.15) is 0 Å². The van der Waals surface area contributed by atoms with Crippen LogP contribution in [0.1, 0.15) is 18.9 Å². The molecule has 1 aliphatic rings. The number of amides is 1. The summed E-state index contributed by atoms with van der Waals surface area (Å²) in [7, 11) is 0. The topological polar surface area (TPSA) is 29.1 Å². The van der Waals surface area contributed by atoms with Crippen molar-refractivity contribution in [3.8, 4) is 0 Å². The van der Waals surface area contributed by atoms with Crippen molar-refractivity contribution in [3.63, 3.8) is 0 Å². The molecule has 1 heterocycles. The van der Waals surface area contributed by atoms with E-state index in [0.717, 1.165) is 17.7 Å². The summed E-state index contributed by atoms with van der Waals surface area (Å²) >= 11 is 1.60. The molecular formula is C12H13NOS. The molecule has 2 rings (SSSR count). The lowest BCUT2D eigenvalue weighted by Crippen LogP contribution is -2.33. The Kier molecular flexibility index (Phi) is 3.11. The van der Waals surface area contributed by atoms with Crippen LogP contribution in [0.4, 0.5) is 0 Å². The number of nitrogens with one attached hydrogen (secondary N) is 1. The van der Waals surface area contributed by atoms with Crippen LogP contribution in [0.3, 0.4) is 0 Å². The van der Waals surface area contributed by atoms with Crippen molar-refractivity contribution in [3.05, 3.63) is 41.3 Å². The first kappa shape index (κ1) is 10.3. The second-order valence-corrected chi connectivity index (χ2v) is 4.50. The quantitative estimate of drug-likeness (QED) is 0.828. The van der Waals surface area contributed by atoms with E-state index in [4.69, 9.17) is 0 Å². The first-order chi connectivity index (χ1) is 7.31. The molecule has 0 radical (unpaired) electrons. The Labute approximate surface area is 93.8 Å². The molecule has 1 N–H and O–H groups in total. The standard InChI is InChI=1S/C12H13NOS/c1-2-11-12(14)13-10(8-15-11)9-6-4-3-5-7-9/h3-8,11H,2H2,1H3,(H,13,14)/t11-/m1/s1. The zero-order valence-electron chi connectivity index (χ0n) is 8.57. The minimum atomic E-state index is 0.0671. The molecule has 0 unspecified atom stereocenters. The Hall–Kier alpha value is -1.22. The first-order valence-electron chi connectivity index (χ1n) is 5.03. The van der Waals surface area contributed by atoms with Crippen molar-refractivity contribution in [1.29, 1.82) is 0 Å². The molecule has 0 spiro atoms. The van der Waals surface area contributed by atoms with Gasteiger partial charge in [0.25, 0.3) is 0 Å². The molecule has 78 valence electrons. The highest BCUT2D eigenvalue weighted by molar-refractivity contribution is 8.03. The fourth-order valence-electron chi connectivity index (χ4n) is 1.49. The van der Waals surface area contributed by atoms with Crippen molar-refractivity contribution in [2.45, 2.75) is 18.6 Å². The maximum absolute atomic E-state index is 11.6. The molecule has 0 saturated heterocycles. The number of carbonyl (C=O) groups is 1. The van der Waals surface area contributed by atoms with E-state index >= 15 is 0 Å². The van der Waals surface area contributed by atoms with Crippen LogP contribution in [0, 0.1) is 0 Å². The molecule has 0 aliphatic carbocycles. The zero-order valence-corrected chi connectivity index (χ0v) is 9.38. The number of carbonyl (C=O) groups excluding carboxylic acids is 1. The average molecular weight is 219 g/mol. The highest BCUT2D eigenvalue weighted by atomic mass is 32.2. The molecule has 1 aromatic rings. The van der Waals surface area contributed by atoms with Crippen LogP contribution in [-0.2, 0) is 4.79 Å². The molecule has 0 fully saturated rings. The van der Waals surface area contributed by atoms with Crippen molar-refractivity contribution < 1.29 is 4.79 Å². The number of benzene rings is 1. The summed E-state index contributed by atoms with van der Waals surface area (Å²) < 4.78 is 0. The molecule has 0 bridgehead atoms. The van der Waals surface area contributed by atoms with E-state index in [9.17, 15) is 4.79 Å². The van der Waals surface area contributed by atoms with Gasteiger partial charge in [0.05, 0.1) is 10.9 Å². The Balaban J connectivity index is 2.20. The van der Waals surface area contributed by atoms with E-state index in [2.05, 4.69) is 5.32 Å². The van der Waals surface area contributed by atoms with Crippen LogP contribution < -0.4 is 5.32 Å². The predicted octanol–water partition coefficient (Wildman–Crippen LogP) is 2.63. The van der Waals surface area contributed by atoms with Crippen molar-refractivity contribution in [2.24, 2.45) is 0 Å². The second kappa shape index (κ2) is 4.53. The predicted molar refractivity (Wildman–Crippen MR) is 64.2 cm³/mol. The van der Waals surface area contributed by atoms with Crippen LogP contribution in [0.25, 0.3) is 5.70 Å². The maximum atomic E-state index is 11.6. The lowest BCUT2D eigenvalue weighted by molar-refractivity contribution is -0.119. The minimum Gasteiger partial charge on any atom is -0.324 e. The van der Waals surface area contributed by atoms with E-state index in [1.54, 1.807) is 11.8 Å². The number of rotatable bonds is 2. The van der Waals surface area contributed by atoms with Gasteiger partial charge in [-0.15, -0.1) is 11.8 Å². The van der Waals surface area contributed by atoms with Crippen molar-refractivity contribution >= 4 is 23.4 Å². The summed E-state index contributed by atoms with van der Waals surface area (Å²) in [6, 6.07) is 9.91. The highest BCUT2D eigenvalue weighted by Gasteiger charge is 2.21. The van der Waals surface area contributed by atoms with Gasteiger partial charge in [0.15, 0.2) is 0 Å². The minimum absolute atomic E-state index is 0.0671. The average Bonchev–Trinajstić information content (AvgIpc) is 2.30. The maximum Gasteiger partial charge on any atom is 0.237 e. The summed E-state index contributed by atoms with van der Waals surface area (Å²) in [5.74, 6) is 0.115. The molecular weight excluding hydrogens is 206 g/mol. The number of hydrogen-bond acceptors (Lipinski definition) is 2. The van der Waals surface area contributed by atoms with Gasteiger partial charge < -0.3 is 5.32 Å². The highest BCUT2D eigenvalue weighted by Crippen LogP contribution is 2.26. The SMILES string of the molecule is CC[C@H]1SC=C(c2ccccc2)NC1=O. The van der Waals surface area contributed by atoms with E-state index < -0.39 is 0 Å². The summed E-state index contributed by atoms with van der Waals surface area (Å²) in [5, 5.41) is 5.03. The van der Waals surface area contributed by atoms with Crippen molar-refractivity contribution in [2.75, 3.05) is 0 Å². The van der Waals surface area contributed by atoms with Crippen LogP contribution in [-0.4, -0.2) is 11.2 Å². The number of thioether (sulfide) groups is 1. The normalized spacial score (nSPS) is 20.7. The lowest BCUT2D eigenvalue weighted by atomic mass is 10.1. The molecule has 2 nitrogen and oxygen atoms in total. The van der Waals surface area contributed by atoms with Gasteiger partial charge in [-0.05, 0) is 17.4 Å². The fraction of sp³-hybridized carbons (Fsp3) is 0.250. The molecule has 15 heavy (non-hydrogen) atoms. The Morgan fingerprint density at radius 2 is 2.07 bits per heavy atom. The second-order valence-electron chi connectivity index (χ2n) is 3.42. The van der Waals surface area contributed by atoms with Gasteiger partial charge in [0, 0.05) is 0 Å². The summed E-state index contributed by atoms with van der Waals surface area (Å²) in [5.41, 5.74) is 1.98. The first-order valence-corrected chi connectivity index (χ1v) is 5.97. The van der Waals surface area contributed by atoms with Gasteiger partial charge in [-0.25, -0.2) is 0 Å². The molecule has 0 aromatic heterocycles. The summed E-state index contributed by atoms with van der Waals surface area (Å²) in [6.07, 6.45) is 0.870. The Morgan fingerprint density at radius 1 is 1.33 bits per heavy atom. The van der Waals surface area contributed by atoms with E-state index in [1.165, 1.54) is 0 Å². The number of hydrogen-bond donors (Lipinski definition) is 1. The largest absolute Gasteiger partial charge is 0.324 e.